The van der Waals surface area contributed by atoms with Crippen LogP contribution in [-0.2, 0) is 32.1 Å². The van der Waals surface area contributed by atoms with Crippen LogP contribution >= 0.6 is 11.6 Å². The topological polar surface area (TPSA) is 106 Å². The summed E-state index contributed by atoms with van der Waals surface area (Å²) in [5, 5.41) is 9.02. The molecule has 3 rings (SSSR count). The second-order valence-electron chi connectivity index (χ2n) is 6.97. The van der Waals surface area contributed by atoms with Crippen molar-refractivity contribution in [2.45, 2.75) is 38.0 Å². The van der Waals surface area contributed by atoms with Crippen LogP contribution in [0.1, 0.15) is 18.1 Å². The third-order valence-corrected chi connectivity index (χ3v) is 4.95. The summed E-state index contributed by atoms with van der Waals surface area (Å²) in [6.07, 6.45) is 0.329. The molecule has 0 unspecified atom stereocenters. The van der Waals surface area contributed by atoms with Crippen molar-refractivity contribution in [2.24, 2.45) is 0 Å². The Morgan fingerprint density at radius 1 is 1.03 bits per heavy atom. The van der Waals surface area contributed by atoms with Gasteiger partial charge in [0.2, 0.25) is 11.8 Å². The fourth-order valence-electron chi connectivity index (χ4n) is 3.04. The van der Waals surface area contributed by atoms with Gasteiger partial charge in [0.25, 0.3) is 0 Å². The zero-order valence-corrected chi connectivity index (χ0v) is 17.3. The zero-order chi connectivity index (χ0) is 21.5. The Morgan fingerprint density at radius 2 is 1.73 bits per heavy atom. The molecule has 0 radical (unpaired) electrons. The van der Waals surface area contributed by atoms with Gasteiger partial charge in [0, 0.05) is 18.0 Å². The molecule has 2 aromatic rings. The molecule has 8 heteroatoms. The summed E-state index contributed by atoms with van der Waals surface area (Å²) in [5.41, 5.74) is 1.80. The summed E-state index contributed by atoms with van der Waals surface area (Å²) in [5.74, 6) is -1.18. The lowest BCUT2D eigenvalue weighted by Gasteiger charge is -2.18. The van der Waals surface area contributed by atoms with E-state index in [2.05, 4.69) is 16.0 Å². The van der Waals surface area contributed by atoms with E-state index >= 15 is 0 Å². The van der Waals surface area contributed by atoms with E-state index in [0.717, 1.165) is 11.1 Å². The Balaban J connectivity index is 1.62. The van der Waals surface area contributed by atoms with Gasteiger partial charge in [-0.3, -0.25) is 19.7 Å². The molecule has 158 valence electrons. The van der Waals surface area contributed by atoms with Gasteiger partial charge in [-0.05, 0) is 30.2 Å². The smallest absolute Gasteiger partial charge is 0.325 e. The molecule has 1 saturated heterocycles. The molecule has 30 heavy (non-hydrogen) atoms. The summed E-state index contributed by atoms with van der Waals surface area (Å²) >= 11 is 5.89. The molecule has 3 N–H and O–H groups in total. The number of carbonyl (C=O) groups is 3. The number of amides is 2. The second kappa shape index (κ2) is 10.2. The van der Waals surface area contributed by atoms with Gasteiger partial charge in [0.1, 0.15) is 18.1 Å². The highest BCUT2D eigenvalue weighted by atomic mass is 35.5. The maximum atomic E-state index is 12.8. The number of rotatable bonds is 9. The SMILES string of the molecule is CCOC(=O)[C@H]1N[C@@H]1C(=O)N[C@@H](Cc1ccccc1)C(=O)NCc1ccc(Cl)cc1. The van der Waals surface area contributed by atoms with Crippen LogP contribution in [0.25, 0.3) is 0 Å². The molecule has 2 aromatic carbocycles. The lowest BCUT2D eigenvalue weighted by atomic mass is 10.0. The van der Waals surface area contributed by atoms with Crippen molar-refractivity contribution in [3.8, 4) is 0 Å². The van der Waals surface area contributed by atoms with Gasteiger partial charge in [0.15, 0.2) is 0 Å². The van der Waals surface area contributed by atoms with E-state index in [4.69, 9.17) is 16.3 Å². The highest BCUT2D eigenvalue weighted by molar-refractivity contribution is 6.30. The Morgan fingerprint density at radius 3 is 2.40 bits per heavy atom. The number of ether oxygens (including phenoxy) is 1. The van der Waals surface area contributed by atoms with E-state index in [1.165, 1.54) is 0 Å². The molecule has 3 atom stereocenters. The van der Waals surface area contributed by atoms with E-state index in [9.17, 15) is 14.4 Å². The van der Waals surface area contributed by atoms with Gasteiger partial charge in [-0.25, -0.2) is 0 Å². The number of hydrogen-bond acceptors (Lipinski definition) is 5. The average molecular weight is 430 g/mol. The first-order valence-corrected chi connectivity index (χ1v) is 10.1. The van der Waals surface area contributed by atoms with Crippen molar-refractivity contribution >= 4 is 29.4 Å². The van der Waals surface area contributed by atoms with Crippen molar-refractivity contribution in [3.63, 3.8) is 0 Å². The van der Waals surface area contributed by atoms with E-state index < -0.39 is 30.0 Å². The minimum absolute atomic E-state index is 0.245. The van der Waals surface area contributed by atoms with Crippen LogP contribution in [0.15, 0.2) is 54.6 Å². The van der Waals surface area contributed by atoms with Crippen LogP contribution in [0.5, 0.6) is 0 Å². The number of halogens is 1. The third-order valence-electron chi connectivity index (χ3n) is 4.70. The molecule has 1 fully saturated rings. The number of hydrogen-bond donors (Lipinski definition) is 3. The first-order valence-electron chi connectivity index (χ1n) is 9.77. The van der Waals surface area contributed by atoms with Crippen LogP contribution in [0.2, 0.25) is 5.02 Å². The van der Waals surface area contributed by atoms with Gasteiger partial charge in [-0.2, -0.15) is 0 Å². The highest BCUT2D eigenvalue weighted by Gasteiger charge is 2.49. The predicted octanol–water partition coefficient (Wildman–Crippen LogP) is 1.59. The number of carbonyl (C=O) groups excluding carboxylic acids is 3. The summed E-state index contributed by atoms with van der Waals surface area (Å²) in [6, 6.07) is 14.4. The quantitative estimate of drug-likeness (QED) is 0.414. The standard InChI is InChI=1S/C22H24ClN3O4/c1-2-30-22(29)19-18(26-19)21(28)25-17(12-14-6-4-3-5-7-14)20(27)24-13-15-8-10-16(23)11-9-15/h3-11,17-19,26H,2,12-13H2,1H3,(H,24,27)(H,25,28)/t17-,18-,19-/m0/s1. The van der Waals surface area contributed by atoms with Crippen LogP contribution < -0.4 is 16.0 Å². The number of esters is 1. The van der Waals surface area contributed by atoms with Crippen molar-refractivity contribution in [1.82, 2.24) is 16.0 Å². The molecule has 0 saturated carbocycles. The Bertz CT molecular complexity index is 889. The average Bonchev–Trinajstić information content (AvgIpc) is 3.55. The fraction of sp³-hybridized carbons (Fsp3) is 0.318. The minimum atomic E-state index is -0.780. The van der Waals surface area contributed by atoms with Gasteiger partial charge in [0.05, 0.1) is 6.61 Å². The summed E-state index contributed by atoms with van der Waals surface area (Å²) in [4.78, 5) is 37.1. The number of benzene rings is 2. The normalized spacial score (nSPS) is 18.2. The molecule has 0 aromatic heterocycles. The number of nitrogens with one attached hydrogen (secondary N) is 3. The predicted molar refractivity (Wildman–Crippen MR) is 113 cm³/mol. The van der Waals surface area contributed by atoms with Crippen LogP contribution in [0, 0.1) is 0 Å². The maximum Gasteiger partial charge on any atom is 0.325 e. The van der Waals surface area contributed by atoms with Gasteiger partial charge < -0.3 is 15.4 Å². The summed E-state index contributed by atoms with van der Waals surface area (Å²) < 4.78 is 4.92. The third kappa shape index (κ3) is 6.05. The van der Waals surface area contributed by atoms with Crippen LogP contribution in [0.4, 0.5) is 0 Å². The van der Waals surface area contributed by atoms with Crippen molar-refractivity contribution < 1.29 is 19.1 Å². The van der Waals surface area contributed by atoms with E-state index in [1.54, 1.807) is 19.1 Å². The van der Waals surface area contributed by atoms with Gasteiger partial charge in [-0.1, -0.05) is 54.1 Å². The van der Waals surface area contributed by atoms with Crippen LogP contribution in [0.3, 0.4) is 0 Å². The van der Waals surface area contributed by atoms with E-state index in [-0.39, 0.29) is 12.5 Å². The molecule has 0 spiro atoms. The maximum absolute atomic E-state index is 12.8. The molecule has 0 bridgehead atoms. The fourth-order valence-corrected chi connectivity index (χ4v) is 3.16. The Hall–Kier alpha value is -2.90. The molecule has 1 heterocycles. The van der Waals surface area contributed by atoms with Crippen LogP contribution in [-0.4, -0.2) is 42.5 Å². The summed E-state index contributed by atoms with van der Waals surface area (Å²) in [7, 11) is 0. The van der Waals surface area contributed by atoms with Crippen molar-refractivity contribution in [3.05, 3.63) is 70.7 Å². The minimum Gasteiger partial charge on any atom is -0.465 e. The van der Waals surface area contributed by atoms with Crippen molar-refractivity contribution in [1.29, 1.82) is 0 Å². The summed E-state index contributed by atoms with van der Waals surface area (Å²) in [6.45, 7) is 2.26. The van der Waals surface area contributed by atoms with E-state index in [1.807, 2.05) is 42.5 Å². The molecular weight excluding hydrogens is 406 g/mol. The molecule has 2 amide bonds. The molecule has 7 nitrogen and oxygen atoms in total. The Kier molecular flexibility index (Phi) is 7.43. The Labute approximate surface area is 180 Å². The molecule has 1 aliphatic rings. The zero-order valence-electron chi connectivity index (χ0n) is 16.6. The van der Waals surface area contributed by atoms with Gasteiger partial charge >= 0.3 is 5.97 Å². The van der Waals surface area contributed by atoms with Crippen molar-refractivity contribution in [2.75, 3.05) is 6.61 Å². The lowest BCUT2D eigenvalue weighted by molar-refractivity contribution is -0.143. The lowest BCUT2D eigenvalue weighted by Crippen LogP contribution is -2.49. The largest absolute Gasteiger partial charge is 0.465 e. The second-order valence-corrected chi connectivity index (χ2v) is 7.41. The first-order chi connectivity index (χ1) is 14.5. The first kappa shape index (κ1) is 21.8. The molecule has 0 aliphatic carbocycles. The monoisotopic (exact) mass is 429 g/mol. The van der Waals surface area contributed by atoms with Gasteiger partial charge in [-0.15, -0.1) is 0 Å². The highest BCUT2D eigenvalue weighted by Crippen LogP contribution is 2.14. The molecule has 1 aliphatic heterocycles. The van der Waals surface area contributed by atoms with E-state index in [0.29, 0.717) is 18.0 Å². The molecular formula is C22H24ClN3O4.